The van der Waals surface area contributed by atoms with E-state index in [2.05, 4.69) is 20.8 Å². The second-order valence-electron chi connectivity index (χ2n) is 6.58. The first-order valence-corrected chi connectivity index (χ1v) is 9.68. The Kier molecular flexibility index (Phi) is 6.24. The summed E-state index contributed by atoms with van der Waals surface area (Å²) >= 11 is 1.53. The highest BCUT2D eigenvalue weighted by Gasteiger charge is 2.13. The van der Waals surface area contributed by atoms with E-state index in [4.69, 9.17) is 0 Å². The number of hydrogen-bond donors (Lipinski definition) is 2. The zero-order valence-corrected chi connectivity index (χ0v) is 16.0. The number of benzene rings is 2. The van der Waals surface area contributed by atoms with E-state index in [1.54, 1.807) is 12.1 Å². The van der Waals surface area contributed by atoms with Crippen LogP contribution in [0.4, 0.5) is 15.8 Å². The molecule has 3 rings (SSSR count). The highest BCUT2D eigenvalue weighted by molar-refractivity contribution is 8.14. The van der Waals surface area contributed by atoms with Gasteiger partial charge < -0.3 is 5.32 Å². The first-order valence-electron chi connectivity index (χ1n) is 8.69. The van der Waals surface area contributed by atoms with Crippen LogP contribution < -0.4 is 10.7 Å². The van der Waals surface area contributed by atoms with Crippen molar-refractivity contribution in [1.29, 1.82) is 0 Å². The molecule has 27 heavy (non-hydrogen) atoms. The maximum Gasteiger partial charge on any atom is 0.224 e. The van der Waals surface area contributed by atoms with Crippen LogP contribution in [0.15, 0.2) is 58.6 Å². The van der Waals surface area contributed by atoms with Gasteiger partial charge in [-0.2, -0.15) is 5.10 Å². The summed E-state index contributed by atoms with van der Waals surface area (Å²) in [6.07, 6.45) is 0.505. The topological polar surface area (TPSA) is 65.8 Å². The SMILES string of the molecule is CC(C)CC(=O)Nc1ccc(C2=NNC(=Nc3ccc(F)cc3)SC2)cc1. The number of aliphatic imine (C=N–C) groups is 1. The first kappa shape index (κ1) is 19.1. The summed E-state index contributed by atoms with van der Waals surface area (Å²) in [5.74, 6) is 0.736. The van der Waals surface area contributed by atoms with Gasteiger partial charge in [0.25, 0.3) is 0 Å². The number of nitrogens with one attached hydrogen (secondary N) is 2. The molecule has 0 spiro atoms. The van der Waals surface area contributed by atoms with Crippen LogP contribution in [0.25, 0.3) is 0 Å². The third-order valence-corrected chi connectivity index (χ3v) is 4.66. The molecule has 0 saturated carbocycles. The Bertz CT molecular complexity index is 861. The molecule has 0 bridgehead atoms. The van der Waals surface area contributed by atoms with Crippen molar-refractivity contribution in [3.05, 3.63) is 59.9 Å². The molecule has 0 radical (unpaired) electrons. The van der Waals surface area contributed by atoms with Crippen molar-refractivity contribution in [1.82, 2.24) is 5.43 Å². The molecule has 0 fully saturated rings. The fourth-order valence-corrected chi connectivity index (χ4v) is 3.27. The van der Waals surface area contributed by atoms with Crippen LogP contribution >= 0.6 is 11.8 Å². The Labute approximate surface area is 162 Å². The number of halogens is 1. The largest absolute Gasteiger partial charge is 0.326 e. The molecular formula is C20H21FN4OS. The van der Waals surface area contributed by atoms with E-state index in [-0.39, 0.29) is 11.7 Å². The van der Waals surface area contributed by atoms with Crippen molar-refractivity contribution in [2.45, 2.75) is 20.3 Å². The number of nitrogens with zero attached hydrogens (tertiary/aromatic N) is 2. The lowest BCUT2D eigenvalue weighted by molar-refractivity contribution is -0.116. The molecule has 7 heteroatoms. The number of carbonyl (C=O) groups is 1. The number of carbonyl (C=O) groups excluding carboxylic acids is 1. The molecule has 2 aromatic rings. The smallest absolute Gasteiger partial charge is 0.224 e. The van der Waals surface area contributed by atoms with E-state index < -0.39 is 0 Å². The maximum atomic E-state index is 12.9. The van der Waals surface area contributed by atoms with Gasteiger partial charge in [0, 0.05) is 17.9 Å². The number of amidine groups is 1. The molecule has 0 atom stereocenters. The minimum atomic E-state index is -0.285. The van der Waals surface area contributed by atoms with Crippen LogP contribution in [0.1, 0.15) is 25.8 Å². The fourth-order valence-electron chi connectivity index (χ4n) is 2.48. The summed E-state index contributed by atoms with van der Waals surface area (Å²) in [7, 11) is 0. The fraction of sp³-hybridized carbons (Fsp3) is 0.250. The van der Waals surface area contributed by atoms with Gasteiger partial charge in [0.1, 0.15) is 5.82 Å². The van der Waals surface area contributed by atoms with Crippen molar-refractivity contribution >= 4 is 39.9 Å². The zero-order chi connectivity index (χ0) is 19.2. The Hall–Kier alpha value is -2.67. The molecule has 0 unspecified atom stereocenters. The molecule has 1 amide bonds. The summed E-state index contributed by atoms with van der Waals surface area (Å²) < 4.78 is 12.9. The number of hydrazone groups is 1. The summed E-state index contributed by atoms with van der Waals surface area (Å²) in [5.41, 5.74) is 6.27. The van der Waals surface area contributed by atoms with E-state index in [0.29, 0.717) is 28.9 Å². The molecule has 2 aromatic carbocycles. The van der Waals surface area contributed by atoms with E-state index in [9.17, 15) is 9.18 Å². The molecule has 0 aromatic heterocycles. The molecule has 1 aliphatic rings. The summed E-state index contributed by atoms with van der Waals surface area (Å²) in [5, 5.41) is 7.94. The van der Waals surface area contributed by atoms with E-state index in [1.165, 1.54) is 23.9 Å². The molecule has 0 saturated heterocycles. The maximum absolute atomic E-state index is 12.9. The lowest BCUT2D eigenvalue weighted by Gasteiger charge is -2.15. The second kappa shape index (κ2) is 8.81. The van der Waals surface area contributed by atoms with Gasteiger partial charge in [0.05, 0.1) is 11.4 Å². The van der Waals surface area contributed by atoms with Gasteiger partial charge in [-0.15, -0.1) is 0 Å². The van der Waals surface area contributed by atoms with Gasteiger partial charge in [-0.25, -0.2) is 9.38 Å². The highest BCUT2D eigenvalue weighted by atomic mass is 32.2. The third kappa shape index (κ3) is 5.65. The predicted molar refractivity (Wildman–Crippen MR) is 110 cm³/mol. The Balaban J connectivity index is 1.62. The molecule has 1 aliphatic heterocycles. The highest BCUT2D eigenvalue weighted by Crippen LogP contribution is 2.20. The molecule has 5 nitrogen and oxygen atoms in total. The molecule has 140 valence electrons. The molecule has 1 heterocycles. The van der Waals surface area contributed by atoms with Crippen molar-refractivity contribution < 1.29 is 9.18 Å². The third-order valence-electron chi connectivity index (χ3n) is 3.78. The summed E-state index contributed by atoms with van der Waals surface area (Å²) in [6.45, 7) is 4.03. The van der Waals surface area contributed by atoms with Crippen molar-refractivity contribution in [3.63, 3.8) is 0 Å². The normalized spacial score (nSPS) is 15.4. The second-order valence-corrected chi connectivity index (χ2v) is 7.54. The quantitative estimate of drug-likeness (QED) is 0.795. The summed E-state index contributed by atoms with van der Waals surface area (Å²) in [4.78, 5) is 16.2. The van der Waals surface area contributed by atoms with Crippen LogP contribution in [0.2, 0.25) is 0 Å². The molecule has 2 N–H and O–H groups in total. The van der Waals surface area contributed by atoms with E-state index in [0.717, 1.165) is 17.0 Å². The van der Waals surface area contributed by atoms with Gasteiger partial charge >= 0.3 is 0 Å². The van der Waals surface area contributed by atoms with Gasteiger partial charge in [-0.05, 0) is 47.9 Å². The lowest BCUT2D eigenvalue weighted by atomic mass is 10.1. The van der Waals surface area contributed by atoms with Gasteiger partial charge in [0.15, 0.2) is 5.17 Å². The molecule has 0 aliphatic carbocycles. The average molecular weight is 384 g/mol. The van der Waals surface area contributed by atoms with Gasteiger partial charge in [-0.3, -0.25) is 10.2 Å². The number of anilines is 1. The van der Waals surface area contributed by atoms with Crippen LogP contribution in [0.5, 0.6) is 0 Å². The zero-order valence-electron chi connectivity index (χ0n) is 15.2. The number of rotatable bonds is 5. The molecular weight excluding hydrogens is 363 g/mol. The Morgan fingerprint density at radius 2 is 1.93 bits per heavy atom. The monoisotopic (exact) mass is 384 g/mol. The standard InChI is InChI=1S/C20H21FN4OS/c1-13(2)11-19(26)22-16-7-3-14(4-8-16)18-12-27-20(25-24-18)23-17-9-5-15(21)6-10-17/h3-10,13H,11-12H2,1-2H3,(H,22,26)(H,23,25). The van der Waals surface area contributed by atoms with Crippen molar-refractivity contribution in [2.24, 2.45) is 16.0 Å². The van der Waals surface area contributed by atoms with E-state index >= 15 is 0 Å². The van der Waals surface area contributed by atoms with Crippen LogP contribution in [-0.4, -0.2) is 22.5 Å². The van der Waals surface area contributed by atoms with Gasteiger partial charge in [0.2, 0.25) is 5.91 Å². The van der Waals surface area contributed by atoms with Crippen LogP contribution in [0.3, 0.4) is 0 Å². The minimum absolute atomic E-state index is 0.0200. The minimum Gasteiger partial charge on any atom is -0.326 e. The van der Waals surface area contributed by atoms with E-state index in [1.807, 2.05) is 38.1 Å². The predicted octanol–water partition coefficient (Wildman–Crippen LogP) is 4.54. The number of amides is 1. The van der Waals surface area contributed by atoms with Gasteiger partial charge in [-0.1, -0.05) is 37.7 Å². The van der Waals surface area contributed by atoms with Crippen LogP contribution in [0, 0.1) is 11.7 Å². The van der Waals surface area contributed by atoms with Crippen LogP contribution in [-0.2, 0) is 4.79 Å². The number of hydrogen-bond acceptors (Lipinski definition) is 4. The van der Waals surface area contributed by atoms with Crippen molar-refractivity contribution in [2.75, 3.05) is 11.1 Å². The lowest BCUT2D eigenvalue weighted by Crippen LogP contribution is -2.25. The Morgan fingerprint density at radius 1 is 1.22 bits per heavy atom. The number of thioether (sulfide) groups is 1. The van der Waals surface area contributed by atoms with Crippen molar-refractivity contribution in [3.8, 4) is 0 Å². The average Bonchev–Trinajstić information content (AvgIpc) is 2.64. The first-order chi connectivity index (χ1) is 13.0. The Morgan fingerprint density at radius 3 is 2.52 bits per heavy atom. The summed E-state index contributed by atoms with van der Waals surface area (Å²) in [6, 6.07) is 13.6.